The van der Waals surface area contributed by atoms with Crippen LogP contribution < -0.4 is 20.1 Å². The molecule has 7 nitrogen and oxygen atoms in total. The van der Waals surface area contributed by atoms with Crippen LogP contribution in [0, 0.1) is 11.3 Å². The van der Waals surface area contributed by atoms with Crippen molar-refractivity contribution in [3.8, 4) is 17.6 Å². The highest BCUT2D eigenvalue weighted by Gasteiger charge is 2.31. The van der Waals surface area contributed by atoms with Gasteiger partial charge >= 0.3 is 5.97 Å². The highest BCUT2D eigenvalue weighted by Crippen LogP contribution is 2.34. The maximum atomic E-state index is 12.1. The maximum absolute atomic E-state index is 12.1. The first-order chi connectivity index (χ1) is 11.5. The van der Waals surface area contributed by atoms with Crippen LogP contribution in [0.2, 0.25) is 0 Å². The largest absolute Gasteiger partial charge is 0.493 e. The summed E-state index contributed by atoms with van der Waals surface area (Å²) in [4.78, 5) is 12.1. The van der Waals surface area contributed by atoms with Crippen molar-refractivity contribution in [2.45, 2.75) is 13.0 Å². The summed E-state index contributed by atoms with van der Waals surface area (Å²) in [6, 6.07) is 6.61. The Hall–Kier alpha value is -2.79. The Morgan fingerprint density at radius 2 is 2.12 bits per heavy atom. The zero-order valence-electron chi connectivity index (χ0n) is 13.5. The molecule has 24 heavy (non-hydrogen) atoms. The van der Waals surface area contributed by atoms with Crippen molar-refractivity contribution in [2.24, 2.45) is 0 Å². The summed E-state index contributed by atoms with van der Waals surface area (Å²) in [5.41, 5.74) is 1.80. The van der Waals surface area contributed by atoms with Gasteiger partial charge in [-0.05, 0) is 36.8 Å². The van der Waals surface area contributed by atoms with E-state index in [1.807, 2.05) is 6.07 Å². The molecule has 1 aliphatic rings. The number of benzene rings is 1. The van der Waals surface area contributed by atoms with Crippen LogP contribution in [-0.4, -0.2) is 31.9 Å². The van der Waals surface area contributed by atoms with E-state index in [2.05, 4.69) is 10.6 Å². The fourth-order valence-corrected chi connectivity index (χ4v) is 2.69. The summed E-state index contributed by atoms with van der Waals surface area (Å²) in [7, 11) is 2.83. The van der Waals surface area contributed by atoms with E-state index < -0.39 is 12.0 Å². The number of nitriles is 1. The van der Waals surface area contributed by atoms with Crippen molar-refractivity contribution in [1.82, 2.24) is 10.6 Å². The first-order valence-corrected chi connectivity index (χ1v) is 7.47. The van der Waals surface area contributed by atoms with Crippen molar-refractivity contribution < 1.29 is 19.0 Å². The van der Waals surface area contributed by atoms with E-state index >= 15 is 0 Å². The van der Waals surface area contributed by atoms with Gasteiger partial charge in [-0.3, -0.25) is 0 Å². The van der Waals surface area contributed by atoms with E-state index in [1.54, 1.807) is 25.1 Å². The number of nitrogens with zero attached hydrogens (tertiary/aromatic N) is 1. The lowest BCUT2D eigenvalue weighted by Crippen LogP contribution is -2.45. The summed E-state index contributed by atoms with van der Waals surface area (Å²) < 4.78 is 15.5. The quantitative estimate of drug-likeness (QED) is 0.612. The van der Waals surface area contributed by atoms with Crippen molar-refractivity contribution in [1.29, 1.82) is 5.26 Å². The molecule has 0 amide bonds. The number of esters is 1. The van der Waals surface area contributed by atoms with Crippen LogP contribution in [-0.2, 0) is 9.53 Å². The van der Waals surface area contributed by atoms with Gasteiger partial charge in [0.05, 0.1) is 25.8 Å². The third-order valence-corrected chi connectivity index (χ3v) is 3.71. The highest BCUT2D eigenvalue weighted by molar-refractivity contribution is 7.80. The van der Waals surface area contributed by atoms with Gasteiger partial charge in [-0.15, -0.1) is 0 Å². The van der Waals surface area contributed by atoms with Gasteiger partial charge < -0.3 is 24.8 Å². The lowest BCUT2D eigenvalue weighted by molar-refractivity contribution is -0.136. The third kappa shape index (κ3) is 3.58. The second-order valence-corrected chi connectivity index (χ2v) is 5.33. The molecule has 0 bridgehead atoms. The minimum Gasteiger partial charge on any atom is -0.493 e. The van der Waals surface area contributed by atoms with Crippen molar-refractivity contribution >= 4 is 23.3 Å². The molecule has 0 aromatic heterocycles. The molecular weight excluding hydrogens is 330 g/mol. The lowest BCUT2D eigenvalue weighted by Gasteiger charge is -2.29. The van der Waals surface area contributed by atoms with Crippen LogP contribution in [0.1, 0.15) is 18.5 Å². The summed E-state index contributed by atoms with van der Waals surface area (Å²) in [5, 5.41) is 15.0. The molecule has 1 aromatic carbocycles. The minimum atomic E-state index is -0.481. The van der Waals surface area contributed by atoms with Gasteiger partial charge in [0, 0.05) is 5.70 Å². The third-order valence-electron chi connectivity index (χ3n) is 3.49. The minimum absolute atomic E-state index is 0.0855. The zero-order valence-corrected chi connectivity index (χ0v) is 14.3. The van der Waals surface area contributed by atoms with Gasteiger partial charge in [-0.1, -0.05) is 6.07 Å². The molecule has 0 aliphatic carbocycles. The van der Waals surface area contributed by atoms with Gasteiger partial charge in [0.25, 0.3) is 0 Å². The zero-order chi connectivity index (χ0) is 17.7. The van der Waals surface area contributed by atoms with Crippen LogP contribution in [0.4, 0.5) is 0 Å². The second-order valence-electron chi connectivity index (χ2n) is 4.92. The van der Waals surface area contributed by atoms with Gasteiger partial charge in [0.2, 0.25) is 0 Å². The maximum Gasteiger partial charge on any atom is 0.337 e. The number of thiocarbonyl (C=S) groups is 1. The van der Waals surface area contributed by atoms with E-state index in [1.165, 1.54) is 14.2 Å². The SMILES string of the molecule is COC(=O)C1=C(C)NC(=S)N[C@H]1c1ccc(OCC#N)c(OC)c1. The predicted molar refractivity (Wildman–Crippen MR) is 90.4 cm³/mol. The molecule has 1 atom stereocenters. The Balaban J connectivity index is 2.45. The highest BCUT2D eigenvalue weighted by atomic mass is 32.1. The monoisotopic (exact) mass is 347 g/mol. The van der Waals surface area contributed by atoms with E-state index in [0.717, 1.165) is 5.56 Å². The molecule has 1 aliphatic heterocycles. The molecule has 1 aromatic rings. The van der Waals surface area contributed by atoms with Crippen LogP contribution in [0.3, 0.4) is 0 Å². The summed E-state index contributed by atoms with van der Waals surface area (Å²) >= 11 is 5.18. The standard InChI is InChI=1S/C16H17N3O4S/c1-9-13(15(20)22-3)14(19-16(24)18-9)10-4-5-11(23-7-6-17)12(8-10)21-2/h4-5,8,14H,7H2,1-3H3,(H2,18,19,24)/t14-/m0/s1. The van der Waals surface area contributed by atoms with E-state index in [0.29, 0.717) is 27.9 Å². The van der Waals surface area contributed by atoms with Crippen LogP contribution >= 0.6 is 12.2 Å². The number of rotatable bonds is 5. The molecule has 1 heterocycles. The fraction of sp³-hybridized carbons (Fsp3) is 0.312. The van der Waals surface area contributed by atoms with E-state index in [-0.39, 0.29) is 6.61 Å². The first-order valence-electron chi connectivity index (χ1n) is 7.06. The van der Waals surface area contributed by atoms with Gasteiger partial charge in [0.15, 0.2) is 23.2 Å². The normalized spacial score (nSPS) is 16.6. The summed E-state index contributed by atoms with van der Waals surface area (Å²) in [6.07, 6.45) is 0. The first kappa shape index (κ1) is 17.6. The average molecular weight is 347 g/mol. The average Bonchev–Trinajstić information content (AvgIpc) is 2.58. The molecule has 8 heteroatoms. The van der Waals surface area contributed by atoms with Crippen molar-refractivity contribution in [2.75, 3.05) is 20.8 Å². The lowest BCUT2D eigenvalue weighted by atomic mass is 9.95. The number of carbonyl (C=O) groups is 1. The topological polar surface area (TPSA) is 92.6 Å². The van der Waals surface area contributed by atoms with Crippen LogP contribution in [0.15, 0.2) is 29.5 Å². The molecule has 0 unspecified atom stereocenters. The fourth-order valence-electron chi connectivity index (χ4n) is 2.42. The number of nitrogens with one attached hydrogen (secondary N) is 2. The van der Waals surface area contributed by atoms with Crippen molar-refractivity contribution in [3.63, 3.8) is 0 Å². The van der Waals surface area contributed by atoms with Crippen molar-refractivity contribution in [3.05, 3.63) is 35.0 Å². The molecule has 0 saturated heterocycles. The van der Waals surface area contributed by atoms with Gasteiger partial charge in [-0.25, -0.2) is 4.79 Å². The molecule has 0 fully saturated rings. The number of hydrogen-bond acceptors (Lipinski definition) is 6. The van der Waals surface area contributed by atoms with Gasteiger partial charge in [0.1, 0.15) is 6.07 Å². The van der Waals surface area contributed by atoms with E-state index in [9.17, 15) is 4.79 Å². The summed E-state index contributed by atoms with van der Waals surface area (Å²) in [5.74, 6) is 0.444. The molecule has 126 valence electrons. The smallest absolute Gasteiger partial charge is 0.337 e. The predicted octanol–water partition coefficient (Wildman–Crippen LogP) is 1.56. The number of methoxy groups -OCH3 is 2. The number of carbonyl (C=O) groups excluding carboxylic acids is 1. The molecule has 2 rings (SSSR count). The number of hydrogen-bond donors (Lipinski definition) is 2. The Morgan fingerprint density at radius 1 is 1.38 bits per heavy atom. The number of allylic oxidation sites excluding steroid dienone is 1. The van der Waals surface area contributed by atoms with E-state index in [4.69, 9.17) is 31.7 Å². The Bertz CT molecular complexity index is 739. The Labute approximate surface area is 145 Å². The molecule has 0 saturated carbocycles. The Morgan fingerprint density at radius 3 is 2.75 bits per heavy atom. The molecular formula is C16H17N3O4S. The Kier molecular flexibility index (Phi) is 5.60. The van der Waals surface area contributed by atoms with Gasteiger partial charge in [-0.2, -0.15) is 5.26 Å². The van der Waals surface area contributed by atoms with Crippen LogP contribution in [0.5, 0.6) is 11.5 Å². The van der Waals surface area contributed by atoms with Crippen LogP contribution in [0.25, 0.3) is 0 Å². The molecule has 2 N–H and O–H groups in total. The summed E-state index contributed by atoms with van der Waals surface area (Å²) in [6.45, 7) is 1.67. The molecule has 0 radical (unpaired) electrons. The molecule has 0 spiro atoms. The second kappa shape index (κ2) is 7.66. The number of ether oxygens (including phenoxy) is 3.